The predicted octanol–water partition coefficient (Wildman–Crippen LogP) is 1.86. The molecule has 2 aromatic heterocycles. The summed E-state index contributed by atoms with van der Waals surface area (Å²) < 4.78 is 6.96. The molecular weight excluding hydrogens is 282 g/mol. The van der Waals surface area contributed by atoms with Gasteiger partial charge in [-0.25, -0.2) is 9.78 Å². The number of benzene rings is 1. The third-order valence-electron chi connectivity index (χ3n) is 3.14. The van der Waals surface area contributed by atoms with Crippen molar-refractivity contribution in [1.29, 1.82) is 0 Å². The first-order chi connectivity index (χ1) is 10.4. The Morgan fingerprint density at radius 3 is 2.73 bits per heavy atom. The van der Waals surface area contributed by atoms with Crippen LogP contribution in [0.4, 0.5) is 0 Å². The van der Waals surface area contributed by atoms with E-state index in [-0.39, 0.29) is 12.3 Å². The average Bonchev–Trinajstić information content (AvgIpc) is 2.81. The van der Waals surface area contributed by atoms with Gasteiger partial charge < -0.3 is 14.8 Å². The molecule has 0 aliphatic carbocycles. The lowest BCUT2D eigenvalue weighted by molar-refractivity contribution is 0.0268. The van der Waals surface area contributed by atoms with E-state index < -0.39 is 5.60 Å². The molecule has 1 aromatic carbocycles. The van der Waals surface area contributed by atoms with Crippen LogP contribution in [0.5, 0.6) is 5.88 Å². The number of imidazole rings is 1. The molecule has 3 aromatic rings. The minimum atomic E-state index is -0.922. The summed E-state index contributed by atoms with van der Waals surface area (Å²) in [4.78, 5) is 19.1. The number of nitrogens with one attached hydrogen (secondary N) is 1. The lowest BCUT2D eigenvalue weighted by Crippen LogP contribution is -2.28. The van der Waals surface area contributed by atoms with Gasteiger partial charge in [0.15, 0.2) is 0 Å². The minimum absolute atomic E-state index is 0.145. The quantitative estimate of drug-likeness (QED) is 0.770. The minimum Gasteiger partial charge on any atom is -0.475 e. The summed E-state index contributed by atoms with van der Waals surface area (Å²) in [5.74, 6) is 0.402. The van der Waals surface area contributed by atoms with Crippen LogP contribution in [0.1, 0.15) is 13.8 Å². The van der Waals surface area contributed by atoms with Crippen molar-refractivity contribution in [1.82, 2.24) is 14.5 Å². The molecule has 0 aliphatic heterocycles. The van der Waals surface area contributed by atoms with Crippen LogP contribution in [0.15, 0.2) is 47.4 Å². The molecule has 0 fully saturated rings. The van der Waals surface area contributed by atoms with Crippen molar-refractivity contribution < 1.29 is 9.84 Å². The summed E-state index contributed by atoms with van der Waals surface area (Å²) in [5.41, 5.74) is 1.08. The fourth-order valence-electron chi connectivity index (χ4n) is 2.15. The number of ether oxygens (including phenoxy) is 1. The number of H-pyrrole nitrogens is 1. The number of pyridine rings is 1. The first-order valence-electron chi connectivity index (χ1n) is 6.95. The molecule has 114 valence electrons. The van der Waals surface area contributed by atoms with E-state index in [0.717, 1.165) is 11.0 Å². The fraction of sp³-hybridized carbons (Fsp3) is 0.250. The lowest BCUT2D eigenvalue weighted by Gasteiger charge is -2.17. The highest BCUT2D eigenvalue weighted by molar-refractivity contribution is 5.77. The van der Waals surface area contributed by atoms with Gasteiger partial charge in [-0.3, -0.25) is 4.57 Å². The zero-order valence-electron chi connectivity index (χ0n) is 12.4. The number of aliphatic hydroxyl groups is 1. The molecule has 0 amide bonds. The zero-order valence-corrected chi connectivity index (χ0v) is 12.4. The van der Waals surface area contributed by atoms with Gasteiger partial charge in [-0.1, -0.05) is 12.1 Å². The van der Waals surface area contributed by atoms with Gasteiger partial charge in [0.1, 0.15) is 6.61 Å². The third kappa shape index (κ3) is 2.87. The van der Waals surface area contributed by atoms with Crippen molar-refractivity contribution in [2.45, 2.75) is 19.4 Å². The Kier molecular flexibility index (Phi) is 3.46. The van der Waals surface area contributed by atoms with E-state index in [2.05, 4.69) is 9.97 Å². The van der Waals surface area contributed by atoms with E-state index in [0.29, 0.717) is 11.6 Å². The summed E-state index contributed by atoms with van der Waals surface area (Å²) >= 11 is 0. The molecule has 0 saturated heterocycles. The van der Waals surface area contributed by atoms with Gasteiger partial charge in [0.2, 0.25) is 5.88 Å². The van der Waals surface area contributed by atoms with Crippen molar-refractivity contribution in [3.8, 4) is 11.6 Å². The highest BCUT2D eigenvalue weighted by atomic mass is 16.5. The average molecular weight is 299 g/mol. The first-order valence-corrected chi connectivity index (χ1v) is 6.95. The van der Waals surface area contributed by atoms with E-state index in [1.165, 1.54) is 0 Å². The number of hydrogen-bond donors (Lipinski definition) is 2. The number of nitrogens with zero attached hydrogens (tertiary/aromatic N) is 2. The summed E-state index contributed by atoms with van der Waals surface area (Å²) in [7, 11) is 0. The summed E-state index contributed by atoms with van der Waals surface area (Å²) in [6.45, 7) is 3.46. The van der Waals surface area contributed by atoms with Crippen LogP contribution in [-0.2, 0) is 0 Å². The summed E-state index contributed by atoms with van der Waals surface area (Å²) in [6.07, 6.45) is 1.57. The smallest absolute Gasteiger partial charge is 0.331 e. The Bertz CT molecular complexity index is 841. The second-order valence-electron chi connectivity index (χ2n) is 5.74. The molecule has 0 unspecified atom stereocenters. The van der Waals surface area contributed by atoms with Gasteiger partial charge in [-0.05, 0) is 32.0 Å². The van der Waals surface area contributed by atoms with E-state index in [1.54, 1.807) is 36.7 Å². The number of aromatic amines is 1. The maximum absolute atomic E-state index is 12.1. The molecule has 0 atom stereocenters. The number of para-hydroxylation sites is 2. The van der Waals surface area contributed by atoms with Crippen LogP contribution in [0.3, 0.4) is 0 Å². The van der Waals surface area contributed by atoms with E-state index in [9.17, 15) is 9.90 Å². The molecule has 0 spiro atoms. The van der Waals surface area contributed by atoms with Gasteiger partial charge >= 0.3 is 5.69 Å². The van der Waals surface area contributed by atoms with Crippen LogP contribution >= 0.6 is 0 Å². The summed E-state index contributed by atoms with van der Waals surface area (Å²) in [5, 5.41) is 9.64. The standard InChI is InChI=1S/C16H17N3O3/c1-16(2,21)10-22-14-8-7-11(9-17-14)19-13-6-4-3-5-12(13)18-15(19)20/h3-9,21H,10H2,1-2H3,(H,18,20). The second-order valence-corrected chi connectivity index (χ2v) is 5.74. The van der Waals surface area contributed by atoms with Crippen LogP contribution in [-0.4, -0.2) is 31.8 Å². The summed E-state index contributed by atoms with van der Waals surface area (Å²) in [6, 6.07) is 10.9. The van der Waals surface area contributed by atoms with E-state index in [1.807, 2.05) is 24.3 Å². The van der Waals surface area contributed by atoms with Crippen LogP contribution < -0.4 is 10.4 Å². The maximum atomic E-state index is 12.1. The van der Waals surface area contributed by atoms with E-state index in [4.69, 9.17) is 4.74 Å². The predicted molar refractivity (Wildman–Crippen MR) is 83.5 cm³/mol. The zero-order chi connectivity index (χ0) is 15.7. The largest absolute Gasteiger partial charge is 0.475 e. The molecule has 0 saturated carbocycles. The van der Waals surface area contributed by atoms with Crippen molar-refractivity contribution >= 4 is 11.0 Å². The number of rotatable bonds is 4. The molecule has 3 rings (SSSR count). The first kappa shape index (κ1) is 14.3. The SMILES string of the molecule is CC(C)(O)COc1ccc(-n2c(=O)[nH]c3ccccc32)cn1. The number of hydrogen-bond acceptors (Lipinski definition) is 4. The topological polar surface area (TPSA) is 80.1 Å². The Hall–Kier alpha value is -2.60. The molecule has 0 radical (unpaired) electrons. The van der Waals surface area contributed by atoms with Gasteiger partial charge in [0.25, 0.3) is 0 Å². The van der Waals surface area contributed by atoms with Gasteiger partial charge in [-0.2, -0.15) is 0 Å². The number of aromatic nitrogens is 3. The highest BCUT2D eigenvalue weighted by Gasteiger charge is 2.14. The van der Waals surface area contributed by atoms with Gasteiger partial charge in [0.05, 0.1) is 28.5 Å². The Morgan fingerprint density at radius 2 is 2.05 bits per heavy atom. The van der Waals surface area contributed by atoms with Crippen LogP contribution in [0.25, 0.3) is 16.7 Å². The van der Waals surface area contributed by atoms with Crippen LogP contribution in [0.2, 0.25) is 0 Å². The van der Waals surface area contributed by atoms with Crippen molar-refractivity contribution in [3.05, 3.63) is 53.1 Å². The monoisotopic (exact) mass is 299 g/mol. The molecule has 6 nitrogen and oxygen atoms in total. The second kappa shape index (κ2) is 5.31. The van der Waals surface area contributed by atoms with Gasteiger partial charge in [-0.15, -0.1) is 0 Å². The molecule has 2 heterocycles. The molecule has 0 bridgehead atoms. The van der Waals surface area contributed by atoms with Gasteiger partial charge in [0, 0.05) is 6.07 Å². The fourth-order valence-corrected chi connectivity index (χ4v) is 2.15. The Morgan fingerprint density at radius 1 is 1.27 bits per heavy atom. The normalized spacial score (nSPS) is 11.8. The Labute approximate surface area is 127 Å². The molecule has 2 N–H and O–H groups in total. The Balaban J connectivity index is 1.92. The van der Waals surface area contributed by atoms with Crippen molar-refractivity contribution in [3.63, 3.8) is 0 Å². The van der Waals surface area contributed by atoms with Crippen LogP contribution in [0, 0.1) is 0 Å². The lowest BCUT2D eigenvalue weighted by atomic mass is 10.2. The van der Waals surface area contributed by atoms with Crippen molar-refractivity contribution in [2.75, 3.05) is 6.61 Å². The molecule has 22 heavy (non-hydrogen) atoms. The highest BCUT2D eigenvalue weighted by Crippen LogP contribution is 2.17. The van der Waals surface area contributed by atoms with Crippen molar-refractivity contribution in [2.24, 2.45) is 0 Å². The maximum Gasteiger partial charge on any atom is 0.331 e. The van der Waals surface area contributed by atoms with E-state index >= 15 is 0 Å². The molecule has 6 heteroatoms. The number of fused-ring (bicyclic) bond motifs is 1. The third-order valence-corrected chi connectivity index (χ3v) is 3.14. The molecule has 0 aliphatic rings. The molecular formula is C16H17N3O3.